The smallest absolute Gasteiger partial charge is 0.226 e. The lowest BCUT2D eigenvalue weighted by molar-refractivity contribution is -0.241. The Bertz CT molecular complexity index is 643. The van der Waals surface area contributed by atoms with Crippen molar-refractivity contribution in [3.63, 3.8) is 0 Å². The first-order valence-electron chi connectivity index (χ1n) is 8.90. The fraction of sp³-hybridized carbons (Fsp3) is 0.429. The summed E-state index contributed by atoms with van der Waals surface area (Å²) in [6.07, 6.45) is 1.06. The molecule has 0 aliphatic carbocycles. The zero-order valence-corrected chi connectivity index (χ0v) is 14.5. The minimum absolute atomic E-state index is 0.0997. The first-order valence-corrected chi connectivity index (χ1v) is 8.90. The van der Waals surface area contributed by atoms with E-state index in [1.807, 2.05) is 60.7 Å². The summed E-state index contributed by atoms with van der Waals surface area (Å²) < 4.78 is 12.4. The van der Waals surface area contributed by atoms with Crippen LogP contribution in [-0.4, -0.2) is 29.0 Å². The van der Waals surface area contributed by atoms with Gasteiger partial charge in [-0.2, -0.15) is 0 Å². The molecular weight excluding hydrogens is 316 g/mol. The second kappa shape index (κ2) is 8.11. The van der Waals surface area contributed by atoms with Crippen molar-refractivity contribution >= 4 is 0 Å². The van der Waals surface area contributed by atoms with Crippen molar-refractivity contribution in [3.8, 4) is 0 Å². The molecule has 2 aromatic rings. The lowest BCUT2D eigenvalue weighted by atomic mass is 9.94. The van der Waals surface area contributed by atoms with E-state index in [9.17, 15) is 10.2 Å². The molecule has 0 aromatic heterocycles. The van der Waals surface area contributed by atoms with Crippen molar-refractivity contribution < 1.29 is 19.7 Å². The van der Waals surface area contributed by atoms with Crippen molar-refractivity contribution in [1.29, 1.82) is 0 Å². The van der Waals surface area contributed by atoms with Gasteiger partial charge in [-0.1, -0.05) is 60.7 Å². The van der Waals surface area contributed by atoms with E-state index < -0.39 is 11.9 Å². The number of hydrogen-bond acceptors (Lipinski definition) is 4. The largest absolute Gasteiger partial charge is 0.393 e. The summed E-state index contributed by atoms with van der Waals surface area (Å²) in [5, 5.41) is 20.5. The van der Waals surface area contributed by atoms with Crippen LogP contribution in [0, 0.1) is 0 Å². The molecule has 1 heterocycles. The second-order valence-corrected chi connectivity index (χ2v) is 6.68. The molecule has 4 atom stereocenters. The Hall–Kier alpha value is -1.72. The lowest BCUT2D eigenvalue weighted by Gasteiger charge is -2.33. The van der Waals surface area contributed by atoms with E-state index in [4.69, 9.17) is 9.47 Å². The van der Waals surface area contributed by atoms with Crippen LogP contribution < -0.4 is 0 Å². The van der Waals surface area contributed by atoms with Crippen LogP contribution in [0.25, 0.3) is 0 Å². The highest BCUT2D eigenvalue weighted by Gasteiger charge is 2.49. The van der Waals surface area contributed by atoms with Crippen molar-refractivity contribution in [2.75, 3.05) is 6.61 Å². The molecule has 0 saturated carbocycles. The van der Waals surface area contributed by atoms with E-state index in [-0.39, 0.29) is 12.2 Å². The maximum Gasteiger partial charge on any atom is 0.226 e. The standard InChI is InChI=1S/C21H26O4/c1-16(22)9-8-14-19-15-24-21(25-19,18-12-6-3-7-13-18)20(23)17-10-4-2-5-11-17/h2-7,10-13,16,19-20,22-23H,8-9,14-15H2,1H3. The Morgan fingerprint density at radius 3 is 2.32 bits per heavy atom. The zero-order chi connectivity index (χ0) is 17.7. The molecule has 4 nitrogen and oxygen atoms in total. The van der Waals surface area contributed by atoms with Gasteiger partial charge in [0.1, 0.15) is 6.10 Å². The van der Waals surface area contributed by atoms with Gasteiger partial charge in [-0.25, -0.2) is 0 Å². The maximum atomic E-state index is 11.1. The van der Waals surface area contributed by atoms with Gasteiger partial charge in [0.15, 0.2) is 0 Å². The Morgan fingerprint density at radius 1 is 1.04 bits per heavy atom. The summed E-state index contributed by atoms with van der Waals surface area (Å²) in [7, 11) is 0. The fourth-order valence-corrected chi connectivity index (χ4v) is 3.29. The normalized spacial score (nSPS) is 25.6. The predicted molar refractivity (Wildman–Crippen MR) is 95.9 cm³/mol. The van der Waals surface area contributed by atoms with Crippen LogP contribution in [0.2, 0.25) is 0 Å². The molecule has 2 N–H and O–H groups in total. The Kier molecular flexibility index (Phi) is 5.86. The highest BCUT2D eigenvalue weighted by atomic mass is 16.8. The Morgan fingerprint density at radius 2 is 1.68 bits per heavy atom. The molecule has 1 aliphatic heterocycles. The summed E-state index contributed by atoms with van der Waals surface area (Å²) >= 11 is 0. The minimum atomic E-state index is -1.20. The molecule has 0 amide bonds. The van der Waals surface area contributed by atoms with E-state index in [2.05, 4.69) is 0 Å². The third-order valence-electron chi connectivity index (χ3n) is 4.62. The number of rotatable bonds is 7. The van der Waals surface area contributed by atoms with Crippen LogP contribution in [0.3, 0.4) is 0 Å². The van der Waals surface area contributed by atoms with E-state index >= 15 is 0 Å². The molecule has 1 saturated heterocycles. The summed E-state index contributed by atoms with van der Waals surface area (Å²) in [6, 6.07) is 19.1. The first kappa shape index (κ1) is 18.1. The van der Waals surface area contributed by atoms with Crippen molar-refractivity contribution in [3.05, 3.63) is 71.8 Å². The van der Waals surface area contributed by atoms with E-state index in [0.717, 1.165) is 30.4 Å². The third kappa shape index (κ3) is 4.10. The summed E-state index contributed by atoms with van der Waals surface area (Å²) in [5.74, 6) is -1.20. The van der Waals surface area contributed by atoms with Crippen LogP contribution in [0.1, 0.15) is 43.4 Å². The topological polar surface area (TPSA) is 58.9 Å². The number of ether oxygens (including phenoxy) is 2. The first-order chi connectivity index (χ1) is 12.1. The Balaban J connectivity index is 1.82. The second-order valence-electron chi connectivity index (χ2n) is 6.68. The predicted octanol–water partition coefficient (Wildman–Crippen LogP) is 3.54. The monoisotopic (exact) mass is 342 g/mol. The van der Waals surface area contributed by atoms with Crippen molar-refractivity contribution in [2.45, 2.75) is 50.3 Å². The fourth-order valence-electron chi connectivity index (χ4n) is 3.29. The molecule has 0 radical (unpaired) electrons. The van der Waals surface area contributed by atoms with Gasteiger partial charge in [0.2, 0.25) is 5.79 Å². The molecule has 4 unspecified atom stereocenters. The molecule has 0 bridgehead atoms. The van der Waals surface area contributed by atoms with Crippen LogP contribution in [0.5, 0.6) is 0 Å². The highest BCUT2D eigenvalue weighted by Crippen LogP contribution is 2.45. The van der Waals surface area contributed by atoms with Gasteiger partial charge in [0.05, 0.1) is 18.8 Å². The number of hydrogen-bond donors (Lipinski definition) is 2. The van der Waals surface area contributed by atoms with E-state index in [1.165, 1.54) is 0 Å². The molecule has 25 heavy (non-hydrogen) atoms. The van der Waals surface area contributed by atoms with Gasteiger partial charge in [-0.05, 0) is 31.7 Å². The maximum absolute atomic E-state index is 11.1. The van der Waals surface area contributed by atoms with Gasteiger partial charge < -0.3 is 19.7 Å². The molecular formula is C21H26O4. The van der Waals surface area contributed by atoms with Gasteiger partial charge in [0, 0.05) is 5.56 Å². The molecule has 0 spiro atoms. The lowest BCUT2D eigenvalue weighted by Crippen LogP contribution is -2.35. The van der Waals surface area contributed by atoms with Crippen LogP contribution in [0.15, 0.2) is 60.7 Å². The minimum Gasteiger partial charge on any atom is -0.393 e. The summed E-state index contributed by atoms with van der Waals surface area (Å²) in [6.45, 7) is 2.22. The summed E-state index contributed by atoms with van der Waals surface area (Å²) in [4.78, 5) is 0. The molecule has 2 aromatic carbocycles. The van der Waals surface area contributed by atoms with E-state index in [1.54, 1.807) is 6.92 Å². The number of aliphatic hydroxyl groups excluding tert-OH is 2. The molecule has 134 valence electrons. The SMILES string of the molecule is CC(O)CCCC1COC(c2ccccc2)(C(O)c2ccccc2)O1. The number of benzene rings is 2. The molecule has 1 aliphatic rings. The highest BCUT2D eigenvalue weighted by molar-refractivity contribution is 5.28. The number of aliphatic hydroxyl groups is 2. The van der Waals surface area contributed by atoms with Gasteiger partial charge in [-0.3, -0.25) is 0 Å². The van der Waals surface area contributed by atoms with Crippen LogP contribution in [-0.2, 0) is 15.3 Å². The Labute approximate surface area is 149 Å². The summed E-state index contributed by atoms with van der Waals surface area (Å²) in [5.41, 5.74) is 1.57. The van der Waals surface area contributed by atoms with Crippen LogP contribution >= 0.6 is 0 Å². The van der Waals surface area contributed by atoms with Gasteiger partial charge in [0.25, 0.3) is 0 Å². The average molecular weight is 342 g/mol. The molecule has 4 heteroatoms. The van der Waals surface area contributed by atoms with Crippen molar-refractivity contribution in [2.24, 2.45) is 0 Å². The van der Waals surface area contributed by atoms with E-state index in [0.29, 0.717) is 6.61 Å². The molecule has 3 rings (SSSR count). The third-order valence-corrected chi connectivity index (χ3v) is 4.62. The van der Waals surface area contributed by atoms with Gasteiger partial charge in [-0.15, -0.1) is 0 Å². The van der Waals surface area contributed by atoms with Crippen molar-refractivity contribution in [1.82, 2.24) is 0 Å². The average Bonchev–Trinajstić information content (AvgIpc) is 3.08. The molecule has 1 fully saturated rings. The van der Waals surface area contributed by atoms with Crippen LogP contribution in [0.4, 0.5) is 0 Å². The van der Waals surface area contributed by atoms with Gasteiger partial charge >= 0.3 is 0 Å². The zero-order valence-electron chi connectivity index (χ0n) is 14.5. The quantitative estimate of drug-likeness (QED) is 0.808.